The molecule has 3 nitrogen and oxygen atoms in total. The van der Waals surface area contributed by atoms with Crippen LogP contribution in [0.25, 0.3) is 0 Å². The summed E-state index contributed by atoms with van der Waals surface area (Å²) in [5.41, 5.74) is 0.902. The Labute approximate surface area is 113 Å². The lowest BCUT2D eigenvalue weighted by molar-refractivity contribution is -0.122. The van der Waals surface area contributed by atoms with Crippen LogP contribution in [0.2, 0.25) is 0 Å². The maximum atomic E-state index is 13.0. The first-order chi connectivity index (χ1) is 9.20. The quantitative estimate of drug-likeness (QED) is 0.874. The smallest absolute Gasteiger partial charge is 0.227 e. The van der Waals surface area contributed by atoms with Gasteiger partial charge in [0.15, 0.2) is 0 Å². The van der Waals surface area contributed by atoms with E-state index in [-0.39, 0.29) is 17.6 Å². The number of carbonyl (C=O) groups is 1. The van der Waals surface area contributed by atoms with Crippen molar-refractivity contribution >= 4 is 5.91 Å². The van der Waals surface area contributed by atoms with Crippen LogP contribution < -0.4 is 10.6 Å². The van der Waals surface area contributed by atoms with Crippen molar-refractivity contribution in [2.24, 2.45) is 5.92 Å². The van der Waals surface area contributed by atoms with Crippen LogP contribution in [-0.2, 0) is 4.79 Å². The Morgan fingerprint density at radius 1 is 1.37 bits per heavy atom. The van der Waals surface area contributed by atoms with Crippen LogP contribution in [0.15, 0.2) is 24.3 Å². The van der Waals surface area contributed by atoms with E-state index in [2.05, 4.69) is 10.6 Å². The lowest BCUT2D eigenvalue weighted by atomic mass is 9.84. The second kappa shape index (κ2) is 6.66. The number of nitrogens with one attached hydrogen (secondary N) is 2. The average molecular weight is 264 g/mol. The van der Waals surface area contributed by atoms with Gasteiger partial charge in [-0.15, -0.1) is 0 Å². The minimum Gasteiger partial charge on any atom is -0.359 e. The second-order valence-corrected chi connectivity index (χ2v) is 5.15. The molecule has 1 heterocycles. The molecule has 0 radical (unpaired) electrons. The lowest BCUT2D eigenvalue weighted by Crippen LogP contribution is -2.32. The highest BCUT2D eigenvalue weighted by atomic mass is 19.1. The van der Waals surface area contributed by atoms with Gasteiger partial charge >= 0.3 is 0 Å². The molecule has 1 unspecified atom stereocenters. The summed E-state index contributed by atoms with van der Waals surface area (Å²) >= 11 is 0. The van der Waals surface area contributed by atoms with Gasteiger partial charge in [-0.1, -0.05) is 12.1 Å². The monoisotopic (exact) mass is 264 g/mol. The highest BCUT2D eigenvalue weighted by Gasteiger charge is 2.25. The first-order valence-corrected chi connectivity index (χ1v) is 6.88. The van der Waals surface area contributed by atoms with E-state index in [9.17, 15) is 9.18 Å². The number of likely N-dealkylation sites (N-methyl/N-ethyl adjacent to an activating group) is 1. The van der Waals surface area contributed by atoms with Crippen molar-refractivity contribution in [1.82, 2.24) is 10.6 Å². The van der Waals surface area contributed by atoms with Gasteiger partial charge in [-0.05, 0) is 56.0 Å². The van der Waals surface area contributed by atoms with Crippen molar-refractivity contribution in [1.29, 1.82) is 0 Å². The Bertz CT molecular complexity index is 413. The normalized spacial score (nSPS) is 18.0. The Balaban J connectivity index is 2.10. The van der Waals surface area contributed by atoms with Crippen LogP contribution in [0.5, 0.6) is 0 Å². The number of halogens is 1. The molecule has 19 heavy (non-hydrogen) atoms. The van der Waals surface area contributed by atoms with E-state index >= 15 is 0 Å². The van der Waals surface area contributed by atoms with Gasteiger partial charge in [-0.3, -0.25) is 4.79 Å². The van der Waals surface area contributed by atoms with Gasteiger partial charge in [0.2, 0.25) is 5.91 Å². The number of piperidine rings is 1. The van der Waals surface area contributed by atoms with E-state index in [4.69, 9.17) is 0 Å². The molecule has 0 aliphatic carbocycles. The molecule has 1 fully saturated rings. The summed E-state index contributed by atoms with van der Waals surface area (Å²) in [6.07, 6.45) is 3.05. The van der Waals surface area contributed by atoms with Gasteiger partial charge in [-0.25, -0.2) is 4.39 Å². The highest BCUT2D eigenvalue weighted by molar-refractivity contribution is 5.83. The molecule has 1 aromatic carbocycles. The van der Waals surface area contributed by atoms with E-state index in [0.717, 1.165) is 37.9 Å². The van der Waals surface area contributed by atoms with Crippen molar-refractivity contribution < 1.29 is 9.18 Å². The average Bonchev–Trinajstić information content (AvgIpc) is 2.46. The second-order valence-electron chi connectivity index (χ2n) is 5.15. The van der Waals surface area contributed by atoms with Crippen LogP contribution in [0.1, 0.15) is 30.7 Å². The molecule has 0 spiro atoms. The minimum atomic E-state index is -0.263. The summed E-state index contributed by atoms with van der Waals surface area (Å²) in [5.74, 6) is 0.147. The summed E-state index contributed by atoms with van der Waals surface area (Å²) in [6.45, 7) is 2.04. The molecular weight excluding hydrogens is 243 g/mol. The number of hydrogen-bond donors (Lipinski definition) is 2. The maximum Gasteiger partial charge on any atom is 0.227 e. The van der Waals surface area contributed by atoms with Crippen LogP contribution >= 0.6 is 0 Å². The molecule has 1 atom stereocenters. The number of benzene rings is 1. The molecule has 104 valence electrons. The van der Waals surface area contributed by atoms with Crippen LogP contribution in [0.4, 0.5) is 4.39 Å². The molecule has 0 saturated carbocycles. The summed E-state index contributed by atoms with van der Waals surface area (Å²) in [5, 5.41) is 6.05. The molecule has 2 rings (SSSR count). The summed E-state index contributed by atoms with van der Waals surface area (Å²) in [7, 11) is 1.65. The fourth-order valence-corrected chi connectivity index (χ4v) is 2.71. The third-order valence-corrected chi connectivity index (χ3v) is 3.86. The number of amides is 1. The van der Waals surface area contributed by atoms with Gasteiger partial charge < -0.3 is 10.6 Å². The fourth-order valence-electron chi connectivity index (χ4n) is 2.71. The summed E-state index contributed by atoms with van der Waals surface area (Å²) in [6, 6.07) is 6.29. The zero-order chi connectivity index (χ0) is 13.7. The summed E-state index contributed by atoms with van der Waals surface area (Å²) in [4.78, 5) is 12.1. The van der Waals surface area contributed by atoms with Gasteiger partial charge in [0, 0.05) is 7.05 Å². The van der Waals surface area contributed by atoms with E-state index in [1.54, 1.807) is 19.2 Å². The lowest BCUT2D eigenvalue weighted by Gasteiger charge is -2.26. The third kappa shape index (κ3) is 3.77. The molecule has 1 aliphatic rings. The van der Waals surface area contributed by atoms with E-state index in [0.29, 0.717) is 5.92 Å². The zero-order valence-electron chi connectivity index (χ0n) is 11.3. The SMILES string of the molecule is CNC(=O)C(CC1CCNCC1)c1ccc(F)cc1. The third-order valence-electron chi connectivity index (χ3n) is 3.86. The highest BCUT2D eigenvalue weighted by Crippen LogP contribution is 2.28. The van der Waals surface area contributed by atoms with Gasteiger partial charge in [-0.2, -0.15) is 0 Å². The molecule has 1 amide bonds. The van der Waals surface area contributed by atoms with Gasteiger partial charge in [0.25, 0.3) is 0 Å². The standard InChI is InChI=1S/C15H21FN2O/c1-17-15(19)14(10-11-6-8-18-9-7-11)12-2-4-13(16)5-3-12/h2-5,11,14,18H,6-10H2,1H3,(H,17,19). The van der Waals surface area contributed by atoms with E-state index in [1.165, 1.54) is 12.1 Å². The predicted octanol–water partition coefficient (Wildman–Crippen LogP) is 2.04. The van der Waals surface area contributed by atoms with Crippen molar-refractivity contribution in [2.45, 2.75) is 25.2 Å². The zero-order valence-corrected chi connectivity index (χ0v) is 11.3. The molecule has 2 N–H and O–H groups in total. The van der Waals surface area contributed by atoms with E-state index < -0.39 is 0 Å². The Morgan fingerprint density at radius 2 is 2.00 bits per heavy atom. The molecular formula is C15H21FN2O. The minimum absolute atomic E-state index is 0.0186. The van der Waals surface area contributed by atoms with E-state index in [1.807, 2.05) is 0 Å². The molecule has 1 aromatic rings. The first kappa shape index (κ1) is 14.0. The van der Waals surface area contributed by atoms with Crippen LogP contribution in [0.3, 0.4) is 0 Å². The Hall–Kier alpha value is -1.42. The largest absolute Gasteiger partial charge is 0.359 e. The molecule has 1 saturated heterocycles. The maximum absolute atomic E-state index is 13.0. The molecule has 0 bridgehead atoms. The number of hydrogen-bond acceptors (Lipinski definition) is 2. The van der Waals surface area contributed by atoms with Crippen molar-refractivity contribution in [3.8, 4) is 0 Å². The first-order valence-electron chi connectivity index (χ1n) is 6.88. The Kier molecular flexibility index (Phi) is 4.91. The van der Waals surface area contributed by atoms with Crippen LogP contribution in [-0.4, -0.2) is 26.0 Å². The predicted molar refractivity (Wildman–Crippen MR) is 73.4 cm³/mol. The summed E-state index contributed by atoms with van der Waals surface area (Å²) < 4.78 is 13.0. The van der Waals surface area contributed by atoms with Crippen LogP contribution in [0, 0.1) is 11.7 Å². The van der Waals surface area contributed by atoms with Crippen molar-refractivity contribution in [2.75, 3.05) is 20.1 Å². The Morgan fingerprint density at radius 3 is 2.58 bits per heavy atom. The van der Waals surface area contributed by atoms with Gasteiger partial charge in [0.05, 0.1) is 5.92 Å². The van der Waals surface area contributed by atoms with Crippen molar-refractivity contribution in [3.63, 3.8) is 0 Å². The molecule has 1 aliphatic heterocycles. The fraction of sp³-hybridized carbons (Fsp3) is 0.533. The molecule has 0 aromatic heterocycles. The number of carbonyl (C=O) groups excluding carboxylic acids is 1. The number of rotatable bonds is 4. The topological polar surface area (TPSA) is 41.1 Å². The van der Waals surface area contributed by atoms with Crippen molar-refractivity contribution in [3.05, 3.63) is 35.6 Å². The van der Waals surface area contributed by atoms with Gasteiger partial charge in [0.1, 0.15) is 5.82 Å². The molecule has 4 heteroatoms.